The van der Waals surface area contributed by atoms with E-state index in [1.54, 1.807) is 0 Å². The fourth-order valence-electron chi connectivity index (χ4n) is 2.00. The number of hydrogen-bond donors (Lipinski definition) is 1. The van der Waals surface area contributed by atoms with Gasteiger partial charge in [0, 0.05) is 11.1 Å². The number of nitrogens with one attached hydrogen (secondary N) is 1. The van der Waals surface area contributed by atoms with Crippen molar-refractivity contribution in [2.75, 3.05) is 6.54 Å². The van der Waals surface area contributed by atoms with Crippen LogP contribution in [0.2, 0.25) is 5.02 Å². The maximum atomic E-state index is 5.84. The van der Waals surface area contributed by atoms with Gasteiger partial charge in [0.2, 0.25) is 0 Å². The fourth-order valence-corrected chi connectivity index (χ4v) is 2.13. The summed E-state index contributed by atoms with van der Waals surface area (Å²) in [6, 6.07) is 8.86. The molecule has 0 saturated carbocycles. The zero-order chi connectivity index (χ0) is 9.80. The SMILES string of the molecule is Cl.Clc1ccc(CC2CCCCN2)cc1. The molecule has 0 bridgehead atoms. The molecule has 1 nitrogen and oxygen atoms in total. The summed E-state index contributed by atoms with van der Waals surface area (Å²) in [6.07, 6.45) is 5.14. The lowest BCUT2D eigenvalue weighted by Crippen LogP contribution is -2.35. The van der Waals surface area contributed by atoms with E-state index in [9.17, 15) is 0 Å². The third kappa shape index (κ3) is 4.02. The molecule has 0 aliphatic carbocycles. The summed E-state index contributed by atoms with van der Waals surface area (Å²) in [6.45, 7) is 1.18. The summed E-state index contributed by atoms with van der Waals surface area (Å²) in [7, 11) is 0. The maximum absolute atomic E-state index is 5.84. The van der Waals surface area contributed by atoms with Crippen LogP contribution in [0.4, 0.5) is 0 Å². The molecule has 1 unspecified atom stereocenters. The van der Waals surface area contributed by atoms with E-state index in [4.69, 9.17) is 11.6 Å². The van der Waals surface area contributed by atoms with Crippen LogP contribution < -0.4 is 5.32 Å². The Kier molecular flexibility index (Phi) is 5.44. The molecule has 0 radical (unpaired) electrons. The summed E-state index contributed by atoms with van der Waals surface area (Å²) < 4.78 is 0. The van der Waals surface area contributed by atoms with Crippen molar-refractivity contribution < 1.29 is 0 Å². The predicted octanol–water partition coefficient (Wildman–Crippen LogP) is 3.45. The van der Waals surface area contributed by atoms with Crippen molar-refractivity contribution >= 4 is 24.0 Å². The highest BCUT2D eigenvalue weighted by atomic mass is 35.5. The average molecular weight is 246 g/mol. The highest BCUT2D eigenvalue weighted by Gasteiger charge is 2.12. The summed E-state index contributed by atoms with van der Waals surface area (Å²) >= 11 is 5.84. The average Bonchev–Trinajstić information content (AvgIpc) is 2.23. The Morgan fingerprint density at radius 2 is 1.93 bits per heavy atom. The number of rotatable bonds is 2. The molecule has 15 heavy (non-hydrogen) atoms. The van der Waals surface area contributed by atoms with E-state index in [0.29, 0.717) is 6.04 Å². The molecule has 1 fully saturated rings. The minimum absolute atomic E-state index is 0. The van der Waals surface area contributed by atoms with Gasteiger partial charge in [-0.15, -0.1) is 12.4 Å². The summed E-state index contributed by atoms with van der Waals surface area (Å²) in [4.78, 5) is 0. The zero-order valence-corrected chi connectivity index (χ0v) is 10.3. The van der Waals surface area contributed by atoms with Crippen LogP contribution in [0.15, 0.2) is 24.3 Å². The molecule has 2 rings (SSSR count). The van der Waals surface area contributed by atoms with Crippen LogP contribution in [0.1, 0.15) is 24.8 Å². The van der Waals surface area contributed by atoms with Crippen molar-refractivity contribution in [1.29, 1.82) is 0 Å². The molecule has 1 aromatic carbocycles. The lowest BCUT2D eigenvalue weighted by Gasteiger charge is -2.23. The standard InChI is InChI=1S/C12H16ClN.ClH/c13-11-6-4-10(5-7-11)9-12-3-1-2-8-14-12;/h4-7,12,14H,1-3,8-9H2;1H. The first-order valence-corrected chi connectivity index (χ1v) is 5.70. The molecular weight excluding hydrogens is 229 g/mol. The highest BCUT2D eigenvalue weighted by Crippen LogP contribution is 2.15. The molecule has 1 atom stereocenters. The van der Waals surface area contributed by atoms with E-state index in [1.807, 2.05) is 12.1 Å². The van der Waals surface area contributed by atoms with Gasteiger partial charge in [-0.25, -0.2) is 0 Å². The lowest BCUT2D eigenvalue weighted by molar-refractivity contribution is 0.399. The van der Waals surface area contributed by atoms with Crippen LogP contribution in [0.3, 0.4) is 0 Å². The molecule has 1 saturated heterocycles. The molecule has 1 heterocycles. The molecule has 3 heteroatoms. The third-order valence-electron chi connectivity index (χ3n) is 2.81. The number of benzene rings is 1. The Labute approximate surface area is 103 Å². The second-order valence-electron chi connectivity index (χ2n) is 3.98. The first-order chi connectivity index (χ1) is 6.84. The number of hydrogen-bond acceptors (Lipinski definition) is 1. The zero-order valence-electron chi connectivity index (χ0n) is 8.71. The van der Waals surface area contributed by atoms with Crippen molar-refractivity contribution in [2.24, 2.45) is 0 Å². The van der Waals surface area contributed by atoms with E-state index in [-0.39, 0.29) is 12.4 Å². The van der Waals surface area contributed by atoms with E-state index in [2.05, 4.69) is 17.4 Å². The van der Waals surface area contributed by atoms with Gasteiger partial charge in [-0.3, -0.25) is 0 Å². The topological polar surface area (TPSA) is 12.0 Å². The third-order valence-corrected chi connectivity index (χ3v) is 3.06. The normalized spacial score (nSPS) is 20.7. The first kappa shape index (κ1) is 12.8. The fraction of sp³-hybridized carbons (Fsp3) is 0.500. The molecule has 0 amide bonds. The van der Waals surface area contributed by atoms with Crippen molar-refractivity contribution in [2.45, 2.75) is 31.7 Å². The van der Waals surface area contributed by atoms with Crippen LogP contribution >= 0.6 is 24.0 Å². The van der Waals surface area contributed by atoms with E-state index < -0.39 is 0 Å². The Balaban J connectivity index is 0.00000112. The number of piperidine rings is 1. The van der Waals surface area contributed by atoms with Gasteiger partial charge in [0.25, 0.3) is 0 Å². The van der Waals surface area contributed by atoms with Crippen LogP contribution in [0, 0.1) is 0 Å². The monoisotopic (exact) mass is 245 g/mol. The molecule has 84 valence electrons. The minimum Gasteiger partial charge on any atom is -0.314 e. The Bertz CT molecular complexity index is 278. The maximum Gasteiger partial charge on any atom is 0.0406 e. The van der Waals surface area contributed by atoms with Gasteiger partial charge in [0.1, 0.15) is 0 Å². The van der Waals surface area contributed by atoms with Crippen molar-refractivity contribution in [3.63, 3.8) is 0 Å². The summed E-state index contributed by atoms with van der Waals surface area (Å²) in [5.74, 6) is 0. The van der Waals surface area contributed by atoms with E-state index in [1.165, 1.54) is 31.4 Å². The van der Waals surface area contributed by atoms with Gasteiger partial charge >= 0.3 is 0 Å². The van der Waals surface area contributed by atoms with Crippen molar-refractivity contribution in [3.05, 3.63) is 34.9 Å². The second-order valence-corrected chi connectivity index (χ2v) is 4.41. The molecule has 0 spiro atoms. The summed E-state index contributed by atoms with van der Waals surface area (Å²) in [5, 5.41) is 4.37. The smallest absolute Gasteiger partial charge is 0.0406 e. The van der Waals surface area contributed by atoms with Crippen LogP contribution in [-0.4, -0.2) is 12.6 Å². The van der Waals surface area contributed by atoms with Crippen LogP contribution in [0.5, 0.6) is 0 Å². The Hall–Kier alpha value is -0.240. The van der Waals surface area contributed by atoms with Gasteiger partial charge in [0.15, 0.2) is 0 Å². The molecule has 1 N–H and O–H groups in total. The molecule has 1 aromatic rings. The molecule has 0 aromatic heterocycles. The molecule has 1 aliphatic heterocycles. The second kappa shape index (κ2) is 6.37. The summed E-state index contributed by atoms with van der Waals surface area (Å²) in [5.41, 5.74) is 1.38. The first-order valence-electron chi connectivity index (χ1n) is 5.32. The lowest BCUT2D eigenvalue weighted by atomic mass is 9.98. The van der Waals surface area contributed by atoms with E-state index >= 15 is 0 Å². The Morgan fingerprint density at radius 3 is 2.53 bits per heavy atom. The van der Waals surface area contributed by atoms with Crippen LogP contribution in [-0.2, 0) is 6.42 Å². The van der Waals surface area contributed by atoms with Gasteiger partial charge in [-0.2, -0.15) is 0 Å². The van der Waals surface area contributed by atoms with Crippen molar-refractivity contribution in [3.8, 4) is 0 Å². The predicted molar refractivity (Wildman–Crippen MR) is 68.0 cm³/mol. The van der Waals surface area contributed by atoms with Gasteiger partial charge in [-0.05, 0) is 43.5 Å². The van der Waals surface area contributed by atoms with Gasteiger partial charge in [0.05, 0.1) is 0 Å². The highest BCUT2D eigenvalue weighted by molar-refractivity contribution is 6.30. The molecule has 1 aliphatic rings. The quantitative estimate of drug-likeness (QED) is 0.842. The molecular formula is C12H17Cl2N. The van der Waals surface area contributed by atoms with Crippen LogP contribution in [0.25, 0.3) is 0 Å². The van der Waals surface area contributed by atoms with E-state index in [0.717, 1.165) is 11.4 Å². The van der Waals surface area contributed by atoms with Gasteiger partial charge in [-0.1, -0.05) is 30.2 Å². The minimum atomic E-state index is 0. The number of halogens is 2. The Morgan fingerprint density at radius 1 is 1.20 bits per heavy atom. The van der Waals surface area contributed by atoms with Gasteiger partial charge < -0.3 is 5.32 Å². The van der Waals surface area contributed by atoms with Crippen molar-refractivity contribution in [1.82, 2.24) is 5.32 Å². The largest absolute Gasteiger partial charge is 0.314 e.